The van der Waals surface area contributed by atoms with Gasteiger partial charge in [0.1, 0.15) is 12.4 Å². The zero-order chi connectivity index (χ0) is 13.5. The first-order valence-electron chi connectivity index (χ1n) is 5.50. The molecule has 0 radical (unpaired) electrons. The predicted molar refractivity (Wildman–Crippen MR) is 67.7 cm³/mol. The highest BCUT2D eigenvalue weighted by Crippen LogP contribution is 2.15. The highest BCUT2D eigenvalue weighted by atomic mass is 19.1. The SMILES string of the molecule is CCN(C)C(=O)Nc1ccc(C#CCO)cc1F. The molecule has 0 heterocycles. The van der Waals surface area contributed by atoms with Crippen molar-refractivity contribution in [1.29, 1.82) is 0 Å². The van der Waals surface area contributed by atoms with Crippen molar-refractivity contribution >= 4 is 11.7 Å². The first kappa shape index (κ1) is 14.0. The number of rotatable bonds is 2. The van der Waals surface area contributed by atoms with Gasteiger partial charge in [0.2, 0.25) is 0 Å². The Labute approximate surface area is 105 Å². The fraction of sp³-hybridized carbons (Fsp3) is 0.308. The smallest absolute Gasteiger partial charge is 0.321 e. The van der Waals surface area contributed by atoms with Crippen LogP contribution in [0.5, 0.6) is 0 Å². The Morgan fingerprint density at radius 3 is 2.83 bits per heavy atom. The second-order valence-electron chi connectivity index (χ2n) is 3.60. The summed E-state index contributed by atoms with van der Waals surface area (Å²) in [4.78, 5) is 13.0. The Hall–Kier alpha value is -2.06. The van der Waals surface area contributed by atoms with E-state index >= 15 is 0 Å². The zero-order valence-corrected chi connectivity index (χ0v) is 10.3. The average molecular weight is 250 g/mol. The van der Waals surface area contributed by atoms with Crippen molar-refractivity contribution in [1.82, 2.24) is 4.90 Å². The third-order valence-electron chi connectivity index (χ3n) is 2.34. The van der Waals surface area contributed by atoms with Crippen molar-refractivity contribution in [2.24, 2.45) is 0 Å². The van der Waals surface area contributed by atoms with Gasteiger partial charge in [0.05, 0.1) is 5.69 Å². The number of urea groups is 1. The van der Waals surface area contributed by atoms with Crippen LogP contribution in [0, 0.1) is 17.7 Å². The molecule has 5 heteroatoms. The molecule has 0 aliphatic rings. The molecule has 0 atom stereocenters. The van der Waals surface area contributed by atoms with Crippen molar-refractivity contribution < 1.29 is 14.3 Å². The second kappa shape index (κ2) is 6.62. The first-order valence-corrected chi connectivity index (χ1v) is 5.50. The van der Waals surface area contributed by atoms with Gasteiger partial charge in [-0.25, -0.2) is 9.18 Å². The summed E-state index contributed by atoms with van der Waals surface area (Å²) in [5, 5.41) is 11.0. The van der Waals surface area contributed by atoms with E-state index in [0.29, 0.717) is 12.1 Å². The number of nitrogens with zero attached hydrogens (tertiary/aromatic N) is 1. The van der Waals surface area contributed by atoms with Gasteiger partial charge < -0.3 is 15.3 Å². The molecule has 0 spiro atoms. The van der Waals surface area contributed by atoms with Crippen LogP contribution in [0.3, 0.4) is 0 Å². The number of aliphatic hydroxyl groups is 1. The Kier molecular flexibility index (Phi) is 5.15. The summed E-state index contributed by atoms with van der Waals surface area (Å²) >= 11 is 0. The molecule has 4 nitrogen and oxygen atoms in total. The number of hydrogen-bond acceptors (Lipinski definition) is 2. The molecule has 2 amide bonds. The Balaban J connectivity index is 2.83. The van der Waals surface area contributed by atoms with E-state index < -0.39 is 5.82 Å². The van der Waals surface area contributed by atoms with Gasteiger partial charge in [0.15, 0.2) is 0 Å². The summed E-state index contributed by atoms with van der Waals surface area (Å²) in [7, 11) is 1.62. The number of carbonyl (C=O) groups is 1. The maximum Gasteiger partial charge on any atom is 0.321 e. The number of halogens is 1. The molecule has 0 unspecified atom stereocenters. The van der Waals surface area contributed by atoms with Crippen LogP contribution in [0.2, 0.25) is 0 Å². The largest absolute Gasteiger partial charge is 0.384 e. The van der Waals surface area contributed by atoms with E-state index in [0.717, 1.165) is 0 Å². The van der Waals surface area contributed by atoms with Crippen LogP contribution in [-0.2, 0) is 0 Å². The van der Waals surface area contributed by atoms with Crippen LogP contribution in [0.15, 0.2) is 18.2 Å². The first-order chi connectivity index (χ1) is 8.58. The van der Waals surface area contributed by atoms with Crippen molar-refractivity contribution in [2.75, 3.05) is 25.5 Å². The van der Waals surface area contributed by atoms with E-state index in [9.17, 15) is 9.18 Å². The molecule has 0 fully saturated rings. The summed E-state index contributed by atoms with van der Waals surface area (Å²) in [6.45, 7) is 2.08. The minimum Gasteiger partial charge on any atom is -0.384 e. The van der Waals surface area contributed by atoms with Gasteiger partial charge in [-0.05, 0) is 25.1 Å². The molecular weight excluding hydrogens is 235 g/mol. The monoisotopic (exact) mass is 250 g/mol. The fourth-order valence-electron chi connectivity index (χ4n) is 1.19. The molecule has 0 aliphatic heterocycles. The van der Waals surface area contributed by atoms with E-state index in [1.165, 1.54) is 17.0 Å². The van der Waals surface area contributed by atoms with Gasteiger partial charge in [-0.1, -0.05) is 11.8 Å². The van der Waals surface area contributed by atoms with Crippen LogP contribution in [0.25, 0.3) is 0 Å². The molecule has 96 valence electrons. The predicted octanol–water partition coefficient (Wildman–Crippen LogP) is 1.65. The van der Waals surface area contributed by atoms with Gasteiger partial charge in [-0.2, -0.15) is 0 Å². The summed E-state index contributed by atoms with van der Waals surface area (Å²) in [6.07, 6.45) is 0. The topological polar surface area (TPSA) is 52.6 Å². The van der Waals surface area contributed by atoms with Gasteiger partial charge >= 0.3 is 6.03 Å². The Morgan fingerprint density at radius 2 is 2.28 bits per heavy atom. The molecule has 0 saturated carbocycles. The molecular formula is C13H15FN2O2. The number of amides is 2. The molecule has 2 N–H and O–H groups in total. The lowest BCUT2D eigenvalue weighted by molar-refractivity contribution is 0.224. The second-order valence-corrected chi connectivity index (χ2v) is 3.60. The molecule has 0 saturated heterocycles. The summed E-state index contributed by atoms with van der Waals surface area (Å²) in [5.74, 6) is 4.45. The molecule has 1 aromatic rings. The van der Waals surface area contributed by atoms with Crippen molar-refractivity contribution in [3.63, 3.8) is 0 Å². The number of carbonyl (C=O) groups excluding carboxylic acids is 1. The molecule has 1 aromatic carbocycles. The molecule has 0 aromatic heterocycles. The van der Waals surface area contributed by atoms with E-state index in [1.807, 2.05) is 6.92 Å². The standard InChI is InChI=1S/C13H15FN2O2/c1-3-16(2)13(18)15-12-7-6-10(5-4-8-17)9-11(12)14/h6-7,9,17H,3,8H2,1-2H3,(H,15,18). The number of aliphatic hydroxyl groups excluding tert-OH is 1. The van der Waals surface area contributed by atoms with Crippen LogP contribution in [0.1, 0.15) is 12.5 Å². The summed E-state index contributed by atoms with van der Waals surface area (Å²) < 4.78 is 13.6. The quantitative estimate of drug-likeness (QED) is 0.784. The zero-order valence-electron chi connectivity index (χ0n) is 10.3. The summed E-state index contributed by atoms with van der Waals surface area (Å²) in [5.41, 5.74) is 0.554. The summed E-state index contributed by atoms with van der Waals surface area (Å²) in [6, 6.07) is 3.86. The van der Waals surface area contributed by atoms with Gasteiger partial charge in [0.25, 0.3) is 0 Å². The number of hydrogen-bond donors (Lipinski definition) is 2. The number of nitrogens with one attached hydrogen (secondary N) is 1. The van der Waals surface area contributed by atoms with Gasteiger partial charge in [-0.3, -0.25) is 0 Å². The molecule has 1 rings (SSSR count). The lowest BCUT2D eigenvalue weighted by Crippen LogP contribution is -2.31. The molecule has 18 heavy (non-hydrogen) atoms. The van der Waals surface area contributed by atoms with E-state index in [1.54, 1.807) is 13.1 Å². The highest BCUT2D eigenvalue weighted by Gasteiger charge is 2.09. The van der Waals surface area contributed by atoms with E-state index in [2.05, 4.69) is 17.2 Å². The van der Waals surface area contributed by atoms with Crippen LogP contribution in [0.4, 0.5) is 14.9 Å². The van der Waals surface area contributed by atoms with Crippen molar-refractivity contribution in [3.8, 4) is 11.8 Å². The van der Waals surface area contributed by atoms with E-state index in [4.69, 9.17) is 5.11 Å². The normalized spacial score (nSPS) is 9.33. The van der Waals surface area contributed by atoms with Gasteiger partial charge in [0, 0.05) is 19.2 Å². The van der Waals surface area contributed by atoms with Crippen molar-refractivity contribution in [2.45, 2.75) is 6.92 Å². The maximum atomic E-state index is 13.6. The number of anilines is 1. The lowest BCUT2D eigenvalue weighted by atomic mass is 10.2. The maximum absolute atomic E-state index is 13.6. The average Bonchev–Trinajstić information content (AvgIpc) is 2.38. The van der Waals surface area contributed by atoms with Crippen LogP contribution in [-0.4, -0.2) is 36.2 Å². The molecule has 0 aliphatic carbocycles. The lowest BCUT2D eigenvalue weighted by Gasteiger charge is -2.15. The third kappa shape index (κ3) is 3.75. The fourth-order valence-corrected chi connectivity index (χ4v) is 1.19. The van der Waals surface area contributed by atoms with Crippen LogP contribution < -0.4 is 5.32 Å². The van der Waals surface area contributed by atoms with Gasteiger partial charge in [-0.15, -0.1) is 0 Å². The highest BCUT2D eigenvalue weighted by molar-refractivity contribution is 5.89. The molecule has 0 bridgehead atoms. The Bertz CT molecular complexity index is 491. The third-order valence-corrected chi connectivity index (χ3v) is 2.34. The van der Waals surface area contributed by atoms with Crippen LogP contribution >= 0.6 is 0 Å². The van der Waals surface area contributed by atoms with Crippen molar-refractivity contribution in [3.05, 3.63) is 29.6 Å². The minimum atomic E-state index is -0.558. The number of benzene rings is 1. The Morgan fingerprint density at radius 1 is 1.56 bits per heavy atom. The minimum absolute atomic E-state index is 0.106. The van der Waals surface area contributed by atoms with E-state index in [-0.39, 0.29) is 18.3 Å².